The predicted molar refractivity (Wildman–Crippen MR) is 17.4 cm³/mol. The van der Waals surface area contributed by atoms with Crippen LogP contribution in [0.1, 0.15) is 0 Å². The number of rotatable bonds is 1. The first-order chi connectivity index (χ1) is 3.25. The Morgan fingerprint density at radius 3 is 1.12 bits per heavy atom. The van der Waals surface area contributed by atoms with Gasteiger partial charge >= 0.3 is 0 Å². The molecule has 0 bridgehead atoms. The molecule has 0 aromatic rings. The molecule has 50 valence electrons. The summed E-state index contributed by atoms with van der Waals surface area (Å²) in [4.78, 5) is 18.1. The summed E-state index contributed by atoms with van der Waals surface area (Å²) in [6, 6.07) is 0. The number of hydrogen-bond acceptors (Lipinski definition) is 4. The second-order valence-electron chi connectivity index (χ2n) is 0.903. The Hall–Kier alpha value is 0.240. The van der Waals surface area contributed by atoms with Gasteiger partial charge in [0.15, 0.2) is 0 Å². The van der Waals surface area contributed by atoms with Crippen molar-refractivity contribution in [1.29, 1.82) is 0 Å². The molecule has 0 N–H and O–H groups in total. The zero-order valence-electron chi connectivity index (χ0n) is 3.28. The Morgan fingerprint density at radius 1 is 1.00 bits per heavy atom. The van der Waals surface area contributed by atoms with Crippen LogP contribution in [0.3, 0.4) is 0 Å². The molecule has 8 heteroatoms. The third kappa shape index (κ3) is 2.01. The second kappa shape index (κ2) is 1.88. The lowest BCUT2D eigenvalue weighted by Crippen LogP contribution is -2.02. The summed E-state index contributed by atoms with van der Waals surface area (Å²) in [7, 11) is -12.5. The first-order valence-electron chi connectivity index (χ1n) is 1.27. The van der Waals surface area contributed by atoms with Crippen LogP contribution in [-0.2, 0) is 9.13 Å². The molecule has 0 aromatic carbocycles. The van der Waals surface area contributed by atoms with Crippen molar-refractivity contribution in [3.63, 3.8) is 0 Å². The van der Waals surface area contributed by atoms with Crippen LogP contribution in [0.2, 0.25) is 0 Å². The molecule has 0 spiro atoms. The summed E-state index contributed by atoms with van der Waals surface area (Å²) in [5, 5.41) is 0. The fourth-order valence-electron chi connectivity index (χ4n) is 0. The molecule has 2 unspecified atom stereocenters. The average molecular weight is 164 g/mol. The van der Waals surface area contributed by atoms with E-state index >= 15 is 0 Å². The van der Waals surface area contributed by atoms with Crippen molar-refractivity contribution in [2.45, 2.75) is 0 Å². The van der Waals surface area contributed by atoms with Crippen LogP contribution in [0.5, 0.6) is 0 Å². The van der Waals surface area contributed by atoms with Gasteiger partial charge in [0, 0.05) is 0 Å². The standard InChI is InChI=1S/F2H2O4P2/c1-7(3,4)8(2,5)6/h(H,3,4)(H,5,6)/p-2. The Balaban J connectivity index is 4.53. The molecule has 0 aliphatic heterocycles. The van der Waals surface area contributed by atoms with Gasteiger partial charge in [0.05, 0.1) is 0 Å². The van der Waals surface area contributed by atoms with Crippen LogP contribution in [0.4, 0.5) is 8.39 Å². The summed E-state index contributed by atoms with van der Waals surface area (Å²) in [5.74, 6) is 0. The molecule has 8 heavy (non-hydrogen) atoms. The Labute approximate surface area is 43.2 Å². The van der Waals surface area contributed by atoms with E-state index in [0.717, 1.165) is 0 Å². The van der Waals surface area contributed by atoms with Crippen LogP contribution < -0.4 is 9.79 Å². The summed E-state index contributed by atoms with van der Waals surface area (Å²) in [6.45, 7) is 0. The van der Waals surface area contributed by atoms with E-state index in [2.05, 4.69) is 0 Å². The lowest BCUT2D eigenvalue weighted by molar-refractivity contribution is -0.208. The molecule has 0 radical (unpaired) electrons. The van der Waals surface area contributed by atoms with Crippen molar-refractivity contribution in [3.05, 3.63) is 0 Å². The van der Waals surface area contributed by atoms with Gasteiger partial charge in [-0.05, 0) is 0 Å². The maximum Gasteiger partial charge on any atom is 0.254 e. The van der Waals surface area contributed by atoms with Crippen LogP contribution in [0.15, 0.2) is 0 Å². The molecular weight excluding hydrogens is 164 g/mol. The molecule has 0 fully saturated rings. The van der Waals surface area contributed by atoms with Gasteiger partial charge < -0.3 is 9.79 Å². The molecule has 0 aliphatic rings. The van der Waals surface area contributed by atoms with Gasteiger partial charge in [0.1, 0.15) is 0 Å². The van der Waals surface area contributed by atoms with Gasteiger partial charge in [-0.15, -0.1) is 0 Å². The lowest BCUT2D eigenvalue weighted by atomic mass is 15.9. The van der Waals surface area contributed by atoms with E-state index < -0.39 is 14.7 Å². The number of hydrogen-bond donors (Lipinski definition) is 0. The largest absolute Gasteiger partial charge is 0.768 e. The third-order valence-corrected chi connectivity index (χ3v) is 2.57. The smallest absolute Gasteiger partial charge is 0.254 e. The fraction of sp³-hybridized carbons (Fsp3) is 0. The highest BCUT2D eigenvalue weighted by Gasteiger charge is 2.21. The molecule has 2 atom stereocenters. The van der Waals surface area contributed by atoms with Gasteiger partial charge in [-0.1, -0.05) is 0 Å². The van der Waals surface area contributed by atoms with Gasteiger partial charge in [0.2, 0.25) is 0 Å². The van der Waals surface area contributed by atoms with E-state index in [9.17, 15) is 8.39 Å². The predicted octanol–water partition coefficient (Wildman–Crippen LogP) is -0.0528. The highest BCUT2D eigenvalue weighted by molar-refractivity contribution is 8.25. The van der Waals surface area contributed by atoms with Crippen molar-refractivity contribution in [3.8, 4) is 0 Å². The first kappa shape index (κ1) is 8.24. The molecular formula is F2O4P2-2. The summed E-state index contributed by atoms with van der Waals surface area (Å²) < 4.78 is 40.0. The van der Waals surface area contributed by atoms with Crippen molar-refractivity contribution in [1.82, 2.24) is 0 Å². The number of halogens is 2. The van der Waals surface area contributed by atoms with Gasteiger partial charge in [-0.25, -0.2) is 0 Å². The van der Waals surface area contributed by atoms with E-state index in [1.165, 1.54) is 0 Å². The maximum atomic E-state index is 10.9. The maximum absolute atomic E-state index is 10.9. The topological polar surface area (TPSA) is 80.3 Å². The van der Waals surface area contributed by atoms with Crippen LogP contribution in [0.25, 0.3) is 0 Å². The van der Waals surface area contributed by atoms with Crippen LogP contribution in [0, 0.1) is 0 Å². The fourth-order valence-corrected chi connectivity index (χ4v) is 0. The molecule has 0 heterocycles. The molecule has 4 nitrogen and oxygen atoms in total. The van der Waals surface area contributed by atoms with E-state index in [0.29, 0.717) is 0 Å². The molecule has 0 aromatic heterocycles. The monoisotopic (exact) mass is 164 g/mol. The molecule has 0 amide bonds. The summed E-state index contributed by atoms with van der Waals surface area (Å²) >= 11 is 0. The first-order valence-corrected chi connectivity index (χ1v) is 5.01. The zero-order valence-corrected chi connectivity index (χ0v) is 5.07. The molecule has 0 rings (SSSR count). The lowest BCUT2D eigenvalue weighted by Gasteiger charge is -2.20. The SMILES string of the molecule is O=P([O-])(F)P(=O)([O-])F. The zero-order chi connectivity index (χ0) is 7.00. The average Bonchev–Trinajstić information content (AvgIpc) is 1.25. The Morgan fingerprint density at radius 2 is 1.12 bits per heavy atom. The summed E-state index contributed by atoms with van der Waals surface area (Å²) in [6.07, 6.45) is 0. The third-order valence-electron chi connectivity index (χ3n) is 0.285. The van der Waals surface area contributed by atoms with Crippen molar-refractivity contribution >= 4 is 14.7 Å². The second-order valence-corrected chi connectivity index (χ2v) is 5.58. The summed E-state index contributed by atoms with van der Waals surface area (Å²) in [5.41, 5.74) is 0. The highest BCUT2D eigenvalue weighted by atomic mass is 32.1. The van der Waals surface area contributed by atoms with Gasteiger partial charge in [-0.3, -0.25) is 9.13 Å². The van der Waals surface area contributed by atoms with Crippen molar-refractivity contribution in [2.24, 2.45) is 0 Å². The molecule has 0 saturated heterocycles. The molecule has 0 saturated carbocycles. The Bertz CT molecular complexity index is 141. The van der Waals surface area contributed by atoms with Crippen LogP contribution in [-0.4, -0.2) is 0 Å². The minimum atomic E-state index is -6.27. The minimum Gasteiger partial charge on any atom is -0.768 e. The normalized spacial score (nSPS) is 26.0. The Kier molecular flexibility index (Phi) is 1.94. The van der Waals surface area contributed by atoms with Gasteiger partial charge in [-0.2, -0.15) is 8.39 Å². The van der Waals surface area contributed by atoms with Gasteiger partial charge in [0.25, 0.3) is 14.7 Å². The van der Waals surface area contributed by atoms with Crippen LogP contribution >= 0.6 is 14.7 Å². The van der Waals surface area contributed by atoms with Crippen molar-refractivity contribution < 1.29 is 27.3 Å². The van der Waals surface area contributed by atoms with E-state index in [1.807, 2.05) is 0 Å². The quantitative estimate of drug-likeness (QED) is 0.508. The molecule has 0 aliphatic carbocycles. The minimum absolute atomic E-state index is 6.27. The highest BCUT2D eigenvalue weighted by Crippen LogP contribution is 2.73. The van der Waals surface area contributed by atoms with E-state index in [1.54, 1.807) is 0 Å². The van der Waals surface area contributed by atoms with E-state index in [4.69, 9.17) is 18.9 Å². The van der Waals surface area contributed by atoms with E-state index in [-0.39, 0.29) is 0 Å². The van der Waals surface area contributed by atoms with Crippen molar-refractivity contribution in [2.75, 3.05) is 0 Å².